The van der Waals surface area contributed by atoms with Crippen LogP contribution in [0.25, 0.3) is 11.1 Å². The number of alkyl halides is 4. The maximum absolute atomic E-state index is 15.4. The van der Waals surface area contributed by atoms with E-state index in [1.165, 1.54) is 12.4 Å². The summed E-state index contributed by atoms with van der Waals surface area (Å²) in [5.74, 6) is -0.00967. The van der Waals surface area contributed by atoms with Gasteiger partial charge in [-0.2, -0.15) is 13.2 Å². The van der Waals surface area contributed by atoms with Crippen molar-refractivity contribution in [2.24, 2.45) is 5.41 Å². The van der Waals surface area contributed by atoms with Crippen molar-refractivity contribution in [2.45, 2.75) is 51.4 Å². The lowest BCUT2D eigenvalue weighted by Gasteiger charge is -2.45. The van der Waals surface area contributed by atoms with Gasteiger partial charge in [-0.1, -0.05) is 38.1 Å². The number of nitrogens with zero attached hydrogens (tertiary/aromatic N) is 2. The zero-order valence-electron chi connectivity index (χ0n) is 20.1. The first-order chi connectivity index (χ1) is 16.9. The second-order valence-corrected chi connectivity index (χ2v) is 10.3. The van der Waals surface area contributed by atoms with Crippen LogP contribution in [0, 0.1) is 5.41 Å². The first-order valence-corrected chi connectivity index (χ1v) is 11.7. The molecular formula is C28H25F4N3O. The summed E-state index contributed by atoms with van der Waals surface area (Å²) in [5.41, 5.74) is 1.39. The highest BCUT2D eigenvalue weighted by molar-refractivity contribution is 6.05. The normalized spacial score (nSPS) is 23.1. The van der Waals surface area contributed by atoms with E-state index in [4.69, 9.17) is 0 Å². The average molecular weight is 496 g/mol. The average Bonchev–Trinajstić information content (AvgIpc) is 2.82. The number of benzene rings is 1. The molecule has 0 unspecified atom stereocenters. The number of halogens is 4. The molecule has 2 aromatic heterocycles. The van der Waals surface area contributed by atoms with E-state index in [1.807, 2.05) is 19.1 Å². The Morgan fingerprint density at radius 2 is 1.86 bits per heavy atom. The summed E-state index contributed by atoms with van der Waals surface area (Å²) in [4.78, 5) is 21.9. The Kier molecular flexibility index (Phi) is 5.54. The topological polar surface area (TPSA) is 54.9 Å². The number of hydrogen-bond donors (Lipinski definition) is 1. The number of aromatic nitrogens is 2. The van der Waals surface area contributed by atoms with E-state index >= 15 is 4.39 Å². The molecule has 8 heteroatoms. The largest absolute Gasteiger partial charge is 0.393 e. The Bertz CT molecular complexity index is 1400. The van der Waals surface area contributed by atoms with Gasteiger partial charge < -0.3 is 5.32 Å². The molecule has 4 nitrogen and oxygen atoms in total. The lowest BCUT2D eigenvalue weighted by Crippen LogP contribution is -2.48. The summed E-state index contributed by atoms with van der Waals surface area (Å²) < 4.78 is 55.1. The summed E-state index contributed by atoms with van der Waals surface area (Å²) >= 11 is 0. The number of carbonyl (C=O) groups excluding carboxylic acids is 1. The van der Waals surface area contributed by atoms with E-state index in [0.717, 1.165) is 0 Å². The Hall–Kier alpha value is -3.55. The van der Waals surface area contributed by atoms with Crippen LogP contribution in [0.5, 0.6) is 0 Å². The Balaban J connectivity index is 1.71. The van der Waals surface area contributed by atoms with Crippen LogP contribution < -0.4 is 5.32 Å². The smallest absolute Gasteiger partial charge is 0.343 e. The predicted octanol–water partition coefficient (Wildman–Crippen LogP) is 6.57. The Morgan fingerprint density at radius 1 is 1.08 bits per heavy atom. The second-order valence-electron chi connectivity index (χ2n) is 10.3. The highest BCUT2D eigenvalue weighted by atomic mass is 19.4. The number of fused-ring (bicyclic) bond motifs is 1. The Labute approximate surface area is 206 Å². The van der Waals surface area contributed by atoms with Crippen LogP contribution in [-0.2, 0) is 16.6 Å². The molecule has 0 amide bonds. The van der Waals surface area contributed by atoms with Gasteiger partial charge in [0.05, 0.1) is 11.8 Å². The van der Waals surface area contributed by atoms with Gasteiger partial charge in [0.25, 0.3) is 0 Å². The second kappa shape index (κ2) is 8.25. The molecule has 0 spiro atoms. The van der Waals surface area contributed by atoms with Gasteiger partial charge in [0.1, 0.15) is 5.82 Å². The van der Waals surface area contributed by atoms with E-state index in [2.05, 4.69) is 15.3 Å². The van der Waals surface area contributed by atoms with Crippen LogP contribution in [0.2, 0.25) is 0 Å². The van der Waals surface area contributed by atoms with Crippen molar-refractivity contribution >= 4 is 11.6 Å². The fourth-order valence-corrected chi connectivity index (χ4v) is 5.47. The number of hydrogen-bond acceptors (Lipinski definition) is 4. The molecule has 3 heterocycles. The van der Waals surface area contributed by atoms with E-state index < -0.39 is 35.4 Å². The van der Waals surface area contributed by atoms with Gasteiger partial charge in [-0.3, -0.25) is 9.78 Å². The fraction of sp³-hybridized carbons (Fsp3) is 0.321. The monoisotopic (exact) mass is 495 g/mol. The van der Waals surface area contributed by atoms with Gasteiger partial charge in [0.15, 0.2) is 12.0 Å². The number of allylic oxidation sites excluding steroid dienone is 2. The molecule has 2 atom stereocenters. The minimum Gasteiger partial charge on any atom is -0.343 e. The zero-order chi connectivity index (χ0) is 25.9. The quantitative estimate of drug-likeness (QED) is 0.418. The Morgan fingerprint density at radius 3 is 2.61 bits per heavy atom. The van der Waals surface area contributed by atoms with Crippen molar-refractivity contribution in [3.05, 3.63) is 89.0 Å². The molecular weight excluding hydrogens is 470 g/mol. The van der Waals surface area contributed by atoms with Gasteiger partial charge in [-0.25, -0.2) is 9.37 Å². The fourth-order valence-electron chi connectivity index (χ4n) is 5.47. The van der Waals surface area contributed by atoms with Crippen LogP contribution in [0.15, 0.2) is 72.3 Å². The molecule has 3 aromatic rings. The molecule has 186 valence electrons. The summed E-state index contributed by atoms with van der Waals surface area (Å²) in [6, 6.07) is 12.2. The van der Waals surface area contributed by atoms with Gasteiger partial charge in [-0.05, 0) is 53.8 Å². The highest BCUT2D eigenvalue weighted by Crippen LogP contribution is 2.53. The van der Waals surface area contributed by atoms with E-state index in [9.17, 15) is 18.0 Å². The van der Waals surface area contributed by atoms with Crippen LogP contribution >= 0.6 is 0 Å². The molecule has 36 heavy (non-hydrogen) atoms. The summed E-state index contributed by atoms with van der Waals surface area (Å²) in [5, 5.41) is 3.26. The lowest BCUT2D eigenvalue weighted by atomic mass is 9.61. The number of nitrogens with one attached hydrogen (secondary N) is 1. The number of anilines is 1. The maximum atomic E-state index is 15.4. The molecule has 2 aliphatic rings. The number of pyridine rings is 2. The third kappa shape index (κ3) is 3.88. The van der Waals surface area contributed by atoms with Crippen molar-refractivity contribution in [2.75, 3.05) is 5.32 Å². The number of Topliss-reactive ketones (excluding diaryl/α,β-unsaturated/α-hetero) is 1. The van der Waals surface area contributed by atoms with Crippen molar-refractivity contribution < 1.29 is 22.4 Å². The molecule has 1 aliphatic heterocycles. The van der Waals surface area contributed by atoms with E-state index in [-0.39, 0.29) is 5.56 Å². The zero-order valence-corrected chi connectivity index (χ0v) is 20.1. The van der Waals surface area contributed by atoms with E-state index in [0.29, 0.717) is 45.8 Å². The predicted molar refractivity (Wildman–Crippen MR) is 129 cm³/mol. The van der Waals surface area contributed by atoms with Gasteiger partial charge >= 0.3 is 6.18 Å². The van der Waals surface area contributed by atoms with Crippen LogP contribution in [0.4, 0.5) is 23.4 Å². The summed E-state index contributed by atoms with van der Waals surface area (Å²) in [6.45, 7) is 5.30. The minimum absolute atomic E-state index is 0.0545. The third-order valence-electron chi connectivity index (χ3n) is 7.26. The maximum Gasteiger partial charge on any atom is 0.393 e. The summed E-state index contributed by atoms with van der Waals surface area (Å²) in [7, 11) is 0. The molecule has 1 aliphatic carbocycles. The first-order valence-electron chi connectivity index (χ1n) is 11.7. The molecule has 1 aromatic carbocycles. The van der Waals surface area contributed by atoms with E-state index in [1.54, 1.807) is 50.4 Å². The minimum atomic E-state index is -4.39. The first kappa shape index (κ1) is 24.2. The van der Waals surface area contributed by atoms with Crippen molar-refractivity contribution in [1.82, 2.24) is 9.97 Å². The number of ketones is 1. The number of carbonyl (C=O) groups is 1. The number of rotatable bonds is 3. The van der Waals surface area contributed by atoms with Gasteiger partial charge in [0, 0.05) is 40.8 Å². The molecule has 1 N–H and O–H groups in total. The van der Waals surface area contributed by atoms with Gasteiger partial charge in [-0.15, -0.1) is 0 Å². The van der Waals surface area contributed by atoms with Gasteiger partial charge in [0.2, 0.25) is 0 Å². The van der Waals surface area contributed by atoms with Crippen LogP contribution in [-0.4, -0.2) is 28.1 Å². The standard InChI is InChI=1S/C28H25F4N3O/c1-26(2)14-21-22(23(36)24(26)29)27(3,20-8-5-10-34-25(20)35-21)18-7-4-6-16(12-18)19-9-11-33-15-17(19)13-28(30,31)32/h4-12,15,24H,13-14H2,1-3H3,(H,34,35)/t24-,27+/m0/s1. The van der Waals surface area contributed by atoms with Crippen LogP contribution in [0.3, 0.4) is 0 Å². The molecule has 0 saturated carbocycles. The highest BCUT2D eigenvalue weighted by Gasteiger charge is 2.52. The van der Waals surface area contributed by atoms with Crippen molar-refractivity contribution in [3.63, 3.8) is 0 Å². The third-order valence-corrected chi connectivity index (χ3v) is 7.26. The van der Waals surface area contributed by atoms with Crippen molar-refractivity contribution in [1.29, 1.82) is 0 Å². The molecule has 0 saturated heterocycles. The van der Waals surface area contributed by atoms with Crippen LogP contribution in [0.1, 0.15) is 43.9 Å². The van der Waals surface area contributed by atoms with Crippen molar-refractivity contribution in [3.8, 4) is 11.1 Å². The lowest BCUT2D eigenvalue weighted by molar-refractivity contribution is -0.127. The SMILES string of the molecule is CC1(C)CC2=C(C(=O)[C@@H]1F)[C@](C)(c1cccc(-c3ccncc3CC(F)(F)F)c1)c1cccnc1N2. The molecule has 5 rings (SSSR count). The molecule has 0 fully saturated rings. The molecule has 0 bridgehead atoms. The summed E-state index contributed by atoms with van der Waals surface area (Å²) in [6.07, 6.45) is -2.55. The molecule has 0 radical (unpaired) electrons.